The third-order valence-corrected chi connectivity index (χ3v) is 9.93. The molecule has 1 heterocycles. The molecule has 23 heavy (non-hydrogen) atoms. The monoisotopic (exact) mass is 352 g/mol. The first-order valence-electron chi connectivity index (χ1n) is 8.75. The van der Waals surface area contributed by atoms with E-state index in [0.29, 0.717) is 18.0 Å². The first-order chi connectivity index (χ1) is 10.9. The highest BCUT2D eigenvalue weighted by atomic mass is 32.5. The Morgan fingerprint density at radius 1 is 1.04 bits per heavy atom. The lowest BCUT2D eigenvalue weighted by atomic mass is 9.91. The Bertz CT molecular complexity index is 558. The van der Waals surface area contributed by atoms with E-state index in [0.717, 1.165) is 0 Å². The Labute approximate surface area is 146 Å². The van der Waals surface area contributed by atoms with E-state index in [1.54, 1.807) is 0 Å². The maximum atomic E-state index is 6.74. The van der Waals surface area contributed by atoms with Gasteiger partial charge in [-0.05, 0) is 50.2 Å². The van der Waals surface area contributed by atoms with Crippen LogP contribution in [-0.2, 0) is 16.3 Å². The van der Waals surface area contributed by atoms with E-state index < -0.39 is 6.57 Å². The van der Waals surface area contributed by atoms with Crippen molar-refractivity contribution in [1.82, 2.24) is 9.34 Å². The van der Waals surface area contributed by atoms with Gasteiger partial charge in [-0.3, -0.25) is 0 Å². The summed E-state index contributed by atoms with van der Waals surface area (Å²) in [6.45, 7) is 2.32. The van der Waals surface area contributed by atoms with Gasteiger partial charge < -0.3 is 4.52 Å². The molecule has 128 valence electrons. The van der Waals surface area contributed by atoms with E-state index in [9.17, 15) is 0 Å². The molecule has 1 aromatic carbocycles. The molecule has 0 radical (unpaired) electrons. The summed E-state index contributed by atoms with van der Waals surface area (Å²) in [6.07, 6.45) is 5.21. The molecule has 3 rings (SSSR count). The van der Waals surface area contributed by atoms with Crippen LogP contribution in [0.1, 0.15) is 51.2 Å². The van der Waals surface area contributed by atoms with Crippen LogP contribution < -0.4 is 0 Å². The average molecular weight is 352 g/mol. The minimum Gasteiger partial charge on any atom is -0.318 e. The highest BCUT2D eigenvalue weighted by Crippen LogP contribution is 2.65. The van der Waals surface area contributed by atoms with Gasteiger partial charge in [-0.25, -0.2) is 9.34 Å². The van der Waals surface area contributed by atoms with Crippen LogP contribution in [0.5, 0.6) is 0 Å². The molecule has 2 aliphatic rings. The lowest BCUT2D eigenvalue weighted by Crippen LogP contribution is -2.37. The molecule has 1 saturated heterocycles. The number of hydrogen-bond donors (Lipinski definition) is 0. The van der Waals surface area contributed by atoms with Gasteiger partial charge in [0, 0.05) is 12.1 Å². The fourth-order valence-electron chi connectivity index (χ4n) is 4.07. The molecule has 1 aliphatic carbocycles. The number of likely N-dealkylation sites (N-methyl/N-ethyl adjacent to an activating group) is 2. The van der Waals surface area contributed by atoms with E-state index >= 15 is 0 Å². The molecular weight excluding hydrogens is 323 g/mol. The van der Waals surface area contributed by atoms with Crippen molar-refractivity contribution in [2.45, 2.75) is 57.7 Å². The van der Waals surface area contributed by atoms with Crippen molar-refractivity contribution in [2.75, 3.05) is 14.1 Å². The highest BCUT2D eigenvalue weighted by Gasteiger charge is 2.50. The van der Waals surface area contributed by atoms with Crippen molar-refractivity contribution in [3.8, 4) is 0 Å². The first-order valence-corrected chi connectivity index (χ1v) is 11.4. The van der Waals surface area contributed by atoms with Gasteiger partial charge >= 0.3 is 0 Å². The largest absolute Gasteiger partial charge is 0.318 e. The van der Waals surface area contributed by atoms with Crippen LogP contribution in [0.3, 0.4) is 0 Å². The second-order valence-corrected chi connectivity index (χ2v) is 11.1. The van der Waals surface area contributed by atoms with Crippen LogP contribution in [-0.4, -0.2) is 35.5 Å². The van der Waals surface area contributed by atoms with E-state index in [1.165, 1.54) is 31.2 Å². The predicted molar refractivity (Wildman–Crippen MR) is 101 cm³/mol. The van der Waals surface area contributed by atoms with Crippen LogP contribution in [0.2, 0.25) is 0 Å². The van der Waals surface area contributed by atoms with Crippen molar-refractivity contribution >= 4 is 18.4 Å². The standard InChI is InChI=1S/C18H29N2OPS/c1-14(2)18(15-10-6-5-7-11-15)21-22(23)19(3)16-12-8-9-13-17(16)20(22)4/h5-7,10-11,14,16-18H,8-9,12-13H2,1-4H3/t16-,17-,18+/m1/s1. The van der Waals surface area contributed by atoms with Crippen LogP contribution in [0.4, 0.5) is 0 Å². The summed E-state index contributed by atoms with van der Waals surface area (Å²) in [7, 11) is 4.38. The Balaban J connectivity index is 1.88. The number of nitrogens with zero attached hydrogens (tertiary/aromatic N) is 2. The molecule has 1 aromatic rings. The van der Waals surface area contributed by atoms with E-state index in [4.69, 9.17) is 16.3 Å². The van der Waals surface area contributed by atoms with E-state index in [1.807, 2.05) is 0 Å². The molecule has 0 spiro atoms. The summed E-state index contributed by atoms with van der Waals surface area (Å²) in [5, 5.41) is 0. The summed E-state index contributed by atoms with van der Waals surface area (Å²) in [5.41, 5.74) is 1.24. The van der Waals surface area contributed by atoms with Gasteiger partial charge in [0.25, 0.3) is 0 Å². The lowest BCUT2D eigenvalue weighted by molar-refractivity contribution is 0.152. The summed E-state index contributed by atoms with van der Waals surface area (Å²) in [6, 6.07) is 11.7. The number of benzene rings is 1. The molecule has 0 amide bonds. The SMILES string of the molecule is CC(C)[C@H](OP1(=S)N(C)[C@@H]2CCCC[C@H]2N1C)c1ccccc1. The maximum Gasteiger partial charge on any atom is 0.204 e. The Hall–Kier alpha value is -0.250. The third-order valence-electron chi connectivity index (χ3n) is 5.44. The van der Waals surface area contributed by atoms with Crippen LogP contribution >= 0.6 is 6.57 Å². The van der Waals surface area contributed by atoms with Crippen LogP contribution in [0, 0.1) is 5.92 Å². The molecule has 3 nitrogen and oxygen atoms in total. The molecule has 2 fully saturated rings. The lowest BCUT2D eigenvalue weighted by Gasteiger charge is -2.35. The van der Waals surface area contributed by atoms with E-state index in [2.05, 4.69) is 67.6 Å². The van der Waals surface area contributed by atoms with Gasteiger partial charge in [-0.1, -0.05) is 57.0 Å². The fourth-order valence-corrected chi connectivity index (χ4v) is 7.76. The molecule has 3 atom stereocenters. The second kappa shape index (κ2) is 6.93. The summed E-state index contributed by atoms with van der Waals surface area (Å²) in [4.78, 5) is 0. The smallest absolute Gasteiger partial charge is 0.204 e. The zero-order valence-electron chi connectivity index (χ0n) is 14.7. The molecule has 5 heteroatoms. The van der Waals surface area contributed by atoms with Gasteiger partial charge in [0.05, 0.1) is 6.10 Å². The third kappa shape index (κ3) is 3.17. The maximum absolute atomic E-state index is 6.74. The molecule has 0 unspecified atom stereocenters. The average Bonchev–Trinajstić information content (AvgIpc) is 2.76. The normalized spacial score (nSPS) is 29.6. The summed E-state index contributed by atoms with van der Waals surface area (Å²) >= 11 is 6.16. The molecule has 0 bridgehead atoms. The molecule has 0 aromatic heterocycles. The zero-order chi connectivity index (χ0) is 16.6. The van der Waals surface area contributed by atoms with Gasteiger partial charge in [0.2, 0.25) is 6.57 Å². The molecule has 1 aliphatic heterocycles. The second-order valence-electron chi connectivity index (χ2n) is 7.24. The summed E-state index contributed by atoms with van der Waals surface area (Å²) in [5.74, 6) is 0.404. The number of rotatable bonds is 4. The van der Waals surface area contributed by atoms with Crippen molar-refractivity contribution in [3.63, 3.8) is 0 Å². The fraction of sp³-hybridized carbons (Fsp3) is 0.667. The Morgan fingerprint density at radius 3 is 2.04 bits per heavy atom. The Morgan fingerprint density at radius 2 is 1.57 bits per heavy atom. The van der Waals surface area contributed by atoms with Crippen molar-refractivity contribution in [1.29, 1.82) is 0 Å². The Kier molecular flexibility index (Phi) is 5.30. The van der Waals surface area contributed by atoms with Gasteiger partial charge in [-0.2, -0.15) is 0 Å². The highest BCUT2D eigenvalue weighted by molar-refractivity contribution is 8.10. The topological polar surface area (TPSA) is 15.7 Å². The van der Waals surface area contributed by atoms with Gasteiger partial charge in [-0.15, -0.1) is 0 Å². The number of hydrogen-bond acceptors (Lipinski definition) is 2. The summed E-state index contributed by atoms with van der Waals surface area (Å²) < 4.78 is 11.6. The minimum atomic E-state index is -2.13. The van der Waals surface area contributed by atoms with Gasteiger partial charge in [0.1, 0.15) is 0 Å². The molecule has 0 N–H and O–H groups in total. The van der Waals surface area contributed by atoms with Crippen molar-refractivity contribution in [3.05, 3.63) is 35.9 Å². The zero-order valence-corrected chi connectivity index (χ0v) is 16.4. The van der Waals surface area contributed by atoms with Crippen molar-refractivity contribution < 1.29 is 4.52 Å². The van der Waals surface area contributed by atoms with Crippen LogP contribution in [0.25, 0.3) is 0 Å². The van der Waals surface area contributed by atoms with Crippen molar-refractivity contribution in [2.24, 2.45) is 5.92 Å². The predicted octanol–water partition coefficient (Wildman–Crippen LogP) is 4.81. The molecular formula is C18H29N2OPS. The number of fused-ring (bicyclic) bond motifs is 1. The first kappa shape index (κ1) is 17.6. The van der Waals surface area contributed by atoms with Gasteiger partial charge in [0.15, 0.2) is 0 Å². The quantitative estimate of drug-likeness (QED) is 0.722. The molecule has 1 saturated carbocycles. The van der Waals surface area contributed by atoms with E-state index in [-0.39, 0.29) is 6.10 Å². The minimum absolute atomic E-state index is 0.0621. The van der Waals surface area contributed by atoms with Crippen LogP contribution in [0.15, 0.2) is 30.3 Å².